The Morgan fingerprint density at radius 1 is 0.800 bits per heavy atom. The summed E-state index contributed by atoms with van der Waals surface area (Å²) < 4.78 is 0. The molecule has 1 unspecified atom stereocenters. The van der Waals surface area contributed by atoms with E-state index < -0.39 is 0 Å². The molecule has 20 heavy (non-hydrogen) atoms. The molecule has 0 radical (unpaired) electrons. The molecule has 3 aromatic rings. The molecule has 0 amide bonds. The summed E-state index contributed by atoms with van der Waals surface area (Å²) in [5.41, 5.74) is 5.52. The zero-order valence-electron chi connectivity index (χ0n) is 11.3. The third-order valence-electron chi connectivity index (χ3n) is 4.30. The quantitative estimate of drug-likeness (QED) is 0.532. The maximum atomic E-state index is 4.31. The molecule has 3 aromatic carbocycles. The van der Waals surface area contributed by atoms with E-state index in [1.54, 1.807) is 0 Å². The highest BCUT2D eigenvalue weighted by atomic mass is 14.3. The van der Waals surface area contributed by atoms with Crippen LogP contribution in [0.1, 0.15) is 22.6 Å². The summed E-state index contributed by atoms with van der Waals surface area (Å²) >= 11 is 0. The Balaban J connectivity index is 1.89. The van der Waals surface area contributed by atoms with E-state index in [2.05, 4.69) is 73.3 Å². The van der Waals surface area contributed by atoms with Gasteiger partial charge in [-0.3, -0.25) is 0 Å². The fourth-order valence-electron chi connectivity index (χ4n) is 3.35. The molecule has 0 heteroatoms. The third kappa shape index (κ3) is 1.69. The van der Waals surface area contributed by atoms with Gasteiger partial charge in [-0.05, 0) is 33.9 Å². The van der Waals surface area contributed by atoms with E-state index in [0.717, 1.165) is 6.42 Å². The van der Waals surface area contributed by atoms with E-state index in [0.29, 0.717) is 5.92 Å². The molecular formula is C20H16. The Morgan fingerprint density at radius 2 is 1.55 bits per heavy atom. The van der Waals surface area contributed by atoms with E-state index in [4.69, 9.17) is 0 Å². The second kappa shape index (κ2) is 4.35. The Morgan fingerprint density at radius 3 is 2.45 bits per heavy atom. The van der Waals surface area contributed by atoms with Gasteiger partial charge in [-0.15, -0.1) is 0 Å². The Labute approximate surface area is 119 Å². The van der Waals surface area contributed by atoms with Crippen molar-refractivity contribution in [1.29, 1.82) is 0 Å². The molecule has 1 atom stereocenters. The lowest BCUT2D eigenvalue weighted by Crippen LogP contribution is -1.98. The van der Waals surface area contributed by atoms with Crippen LogP contribution in [0.4, 0.5) is 0 Å². The summed E-state index contributed by atoms with van der Waals surface area (Å²) in [7, 11) is 0. The zero-order chi connectivity index (χ0) is 13.5. The maximum Gasteiger partial charge on any atom is 0.0302 e. The van der Waals surface area contributed by atoms with Gasteiger partial charge in [0.15, 0.2) is 0 Å². The lowest BCUT2D eigenvalue weighted by atomic mass is 9.89. The van der Waals surface area contributed by atoms with Crippen molar-refractivity contribution < 1.29 is 0 Å². The van der Waals surface area contributed by atoms with E-state index in [-0.39, 0.29) is 0 Å². The molecule has 0 spiro atoms. The van der Waals surface area contributed by atoms with E-state index in [1.807, 2.05) is 0 Å². The lowest BCUT2D eigenvalue weighted by Gasteiger charge is -2.14. The van der Waals surface area contributed by atoms with Crippen LogP contribution in [0.5, 0.6) is 0 Å². The smallest absolute Gasteiger partial charge is 0.0302 e. The van der Waals surface area contributed by atoms with Crippen LogP contribution in [0.3, 0.4) is 0 Å². The number of hydrogen-bond acceptors (Lipinski definition) is 0. The number of fused-ring (bicyclic) bond motifs is 2. The van der Waals surface area contributed by atoms with Gasteiger partial charge in [0.2, 0.25) is 0 Å². The predicted molar refractivity (Wildman–Crippen MR) is 85.1 cm³/mol. The van der Waals surface area contributed by atoms with Gasteiger partial charge in [-0.25, -0.2) is 0 Å². The van der Waals surface area contributed by atoms with Gasteiger partial charge in [-0.1, -0.05) is 78.9 Å². The Hall–Kier alpha value is -2.34. The second-order valence-electron chi connectivity index (χ2n) is 5.57. The van der Waals surface area contributed by atoms with Crippen molar-refractivity contribution in [2.45, 2.75) is 12.3 Å². The number of rotatable bonds is 1. The molecule has 0 nitrogen and oxygen atoms in total. The first-order valence-corrected chi connectivity index (χ1v) is 7.07. The number of benzene rings is 3. The minimum absolute atomic E-state index is 0.357. The van der Waals surface area contributed by atoms with Gasteiger partial charge in [0.05, 0.1) is 0 Å². The molecule has 0 N–H and O–H groups in total. The molecule has 1 aliphatic carbocycles. The minimum atomic E-state index is 0.357. The molecule has 4 rings (SSSR count). The zero-order valence-corrected chi connectivity index (χ0v) is 11.3. The molecule has 0 saturated heterocycles. The maximum absolute atomic E-state index is 4.31. The molecule has 0 fully saturated rings. The summed E-state index contributed by atoms with van der Waals surface area (Å²) in [6, 6.07) is 24.0. The van der Waals surface area contributed by atoms with Crippen LogP contribution in [0.25, 0.3) is 10.8 Å². The standard InChI is InChI=1S/C20H16/c1-14-12-17-8-4-5-9-19(17)20(14)18-11-10-15-6-2-3-7-16(15)13-18/h2-11,13,20H,1,12H2. The van der Waals surface area contributed by atoms with E-state index in [9.17, 15) is 0 Å². The van der Waals surface area contributed by atoms with Crippen LogP contribution in [-0.4, -0.2) is 0 Å². The van der Waals surface area contributed by atoms with E-state index in [1.165, 1.54) is 33.0 Å². The fraction of sp³-hybridized carbons (Fsp3) is 0.100. The number of allylic oxidation sites excluding steroid dienone is 1. The summed E-state index contributed by atoms with van der Waals surface area (Å²) in [4.78, 5) is 0. The van der Waals surface area contributed by atoms with Gasteiger partial charge in [0.25, 0.3) is 0 Å². The van der Waals surface area contributed by atoms with Gasteiger partial charge < -0.3 is 0 Å². The molecule has 0 aliphatic heterocycles. The molecule has 1 aliphatic rings. The topological polar surface area (TPSA) is 0 Å². The Bertz CT molecular complexity index is 811. The highest BCUT2D eigenvalue weighted by Crippen LogP contribution is 2.41. The van der Waals surface area contributed by atoms with Gasteiger partial charge in [-0.2, -0.15) is 0 Å². The normalized spacial score (nSPS) is 17.4. The van der Waals surface area contributed by atoms with Crippen molar-refractivity contribution in [2.75, 3.05) is 0 Å². The first-order valence-electron chi connectivity index (χ1n) is 7.07. The number of hydrogen-bond donors (Lipinski definition) is 0. The summed E-state index contributed by atoms with van der Waals surface area (Å²) in [5.74, 6) is 0.357. The second-order valence-corrected chi connectivity index (χ2v) is 5.57. The van der Waals surface area contributed by atoms with Gasteiger partial charge >= 0.3 is 0 Å². The molecular weight excluding hydrogens is 240 g/mol. The molecule has 0 aromatic heterocycles. The van der Waals surface area contributed by atoms with Gasteiger partial charge in [0.1, 0.15) is 0 Å². The van der Waals surface area contributed by atoms with Crippen molar-refractivity contribution >= 4 is 10.8 Å². The monoisotopic (exact) mass is 256 g/mol. The van der Waals surface area contributed by atoms with Crippen LogP contribution in [-0.2, 0) is 6.42 Å². The van der Waals surface area contributed by atoms with Gasteiger partial charge in [0, 0.05) is 5.92 Å². The van der Waals surface area contributed by atoms with Crippen LogP contribution in [0.15, 0.2) is 78.9 Å². The van der Waals surface area contributed by atoms with Crippen molar-refractivity contribution in [3.63, 3.8) is 0 Å². The van der Waals surface area contributed by atoms with Crippen LogP contribution < -0.4 is 0 Å². The summed E-state index contributed by atoms with van der Waals surface area (Å²) in [6.45, 7) is 4.31. The first kappa shape index (κ1) is 11.5. The summed E-state index contributed by atoms with van der Waals surface area (Å²) in [5, 5.41) is 2.61. The van der Waals surface area contributed by atoms with Crippen LogP contribution in [0.2, 0.25) is 0 Å². The van der Waals surface area contributed by atoms with E-state index >= 15 is 0 Å². The average molecular weight is 256 g/mol. The molecule has 0 bridgehead atoms. The molecule has 96 valence electrons. The fourth-order valence-corrected chi connectivity index (χ4v) is 3.35. The highest BCUT2D eigenvalue weighted by molar-refractivity contribution is 5.83. The third-order valence-corrected chi connectivity index (χ3v) is 4.30. The SMILES string of the molecule is C=C1Cc2ccccc2C1c1ccc2ccccc2c1. The highest BCUT2D eigenvalue weighted by Gasteiger charge is 2.26. The van der Waals surface area contributed by atoms with Crippen LogP contribution >= 0.6 is 0 Å². The van der Waals surface area contributed by atoms with Crippen LogP contribution in [0, 0.1) is 0 Å². The van der Waals surface area contributed by atoms with Crippen molar-refractivity contribution in [3.05, 3.63) is 95.6 Å². The molecule has 0 saturated carbocycles. The predicted octanol–water partition coefficient (Wildman–Crippen LogP) is 5.08. The molecule has 0 heterocycles. The van der Waals surface area contributed by atoms with Crippen molar-refractivity contribution in [3.8, 4) is 0 Å². The minimum Gasteiger partial charge on any atom is -0.0986 e. The largest absolute Gasteiger partial charge is 0.0986 e. The van der Waals surface area contributed by atoms with Crippen molar-refractivity contribution in [1.82, 2.24) is 0 Å². The summed E-state index contributed by atoms with van der Waals surface area (Å²) in [6.07, 6.45) is 1.01. The Kier molecular flexibility index (Phi) is 2.50. The van der Waals surface area contributed by atoms with Crippen molar-refractivity contribution in [2.24, 2.45) is 0 Å². The average Bonchev–Trinajstić information content (AvgIpc) is 2.82. The lowest BCUT2D eigenvalue weighted by molar-refractivity contribution is 0.990. The first-order chi connectivity index (χ1) is 9.83.